The average Bonchev–Trinajstić information content (AvgIpc) is 2.54. The van der Waals surface area contributed by atoms with Crippen LogP contribution in [0.4, 0.5) is 8.78 Å². The third kappa shape index (κ3) is 3.27. The first-order valence-corrected chi connectivity index (χ1v) is 6.26. The summed E-state index contributed by atoms with van der Waals surface area (Å²) in [5.41, 5.74) is 1.10. The lowest BCUT2D eigenvalue weighted by atomic mass is 10.1. The predicted molar refractivity (Wildman–Crippen MR) is 68.7 cm³/mol. The van der Waals surface area contributed by atoms with Crippen molar-refractivity contribution in [1.82, 2.24) is 9.80 Å². The molecular weight excluding hydrogens is 234 g/mol. The summed E-state index contributed by atoms with van der Waals surface area (Å²) in [5, 5.41) is 0. The van der Waals surface area contributed by atoms with Gasteiger partial charge in [0.05, 0.1) is 6.54 Å². The maximum Gasteiger partial charge on any atom is 0.265 e. The highest BCUT2D eigenvalue weighted by Gasteiger charge is 2.47. The zero-order valence-electron chi connectivity index (χ0n) is 10.9. The van der Waals surface area contributed by atoms with Gasteiger partial charge in [-0.05, 0) is 19.7 Å². The monoisotopic (exact) mass is 254 g/mol. The van der Waals surface area contributed by atoms with E-state index in [1.165, 1.54) is 0 Å². The van der Waals surface area contributed by atoms with Crippen LogP contribution in [0.1, 0.15) is 5.56 Å². The molecule has 0 aliphatic carbocycles. The van der Waals surface area contributed by atoms with Gasteiger partial charge in [0.2, 0.25) is 0 Å². The molecule has 2 nitrogen and oxygen atoms in total. The number of hydrogen-bond acceptors (Lipinski definition) is 2. The maximum atomic E-state index is 13.9. The summed E-state index contributed by atoms with van der Waals surface area (Å²) in [6, 6.07) is 9.80. The predicted octanol–water partition coefficient (Wildman–Crippen LogP) is 2.32. The minimum Gasteiger partial charge on any atom is -0.309 e. The molecule has 0 radical (unpaired) electrons. The number of hydrogen-bond donors (Lipinski definition) is 0. The molecule has 0 bridgehead atoms. The molecule has 1 aromatic rings. The van der Waals surface area contributed by atoms with Gasteiger partial charge in [0.1, 0.15) is 0 Å². The van der Waals surface area contributed by atoms with Gasteiger partial charge in [-0.25, -0.2) is 8.78 Å². The van der Waals surface area contributed by atoms with Crippen molar-refractivity contribution in [3.63, 3.8) is 0 Å². The Morgan fingerprint density at radius 2 is 1.94 bits per heavy atom. The van der Waals surface area contributed by atoms with Crippen molar-refractivity contribution in [3.05, 3.63) is 35.9 Å². The van der Waals surface area contributed by atoms with Gasteiger partial charge < -0.3 is 4.90 Å². The average molecular weight is 254 g/mol. The molecule has 2 rings (SSSR count). The number of halogens is 2. The molecule has 100 valence electrons. The van der Waals surface area contributed by atoms with Crippen molar-refractivity contribution >= 4 is 0 Å². The largest absolute Gasteiger partial charge is 0.309 e. The second-order valence-corrected chi connectivity index (χ2v) is 5.38. The fourth-order valence-corrected chi connectivity index (χ4v) is 2.53. The van der Waals surface area contributed by atoms with Crippen molar-refractivity contribution in [3.8, 4) is 0 Å². The van der Waals surface area contributed by atoms with E-state index in [1.807, 2.05) is 54.2 Å². The van der Waals surface area contributed by atoms with Crippen molar-refractivity contribution < 1.29 is 8.78 Å². The van der Waals surface area contributed by atoms with Crippen LogP contribution in [0.3, 0.4) is 0 Å². The van der Waals surface area contributed by atoms with E-state index in [0.29, 0.717) is 19.6 Å². The van der Waals surface area contributed by atoms with E-state index >= 15 is 0 Å². The van der Waals surface area contributed by atoms with E-state index in [9.17, 15) is 8.78 Å². The van der Waals surface area contributed by atoms with Gasteiger partial charge in [0, 0.05) is 25.6 Å². The second kappa shape index (κ2) is 5.33. The maximum absolute atomic E-state index is 13.9. The number of nitrogens with zero attached hydrogens (tertiary/aromatic N) is 2. The SMILES string of the molecule is CN(C)C[C@H]1CN(Cc2ccccc2)CC1(F)F. The van der Waals surface area contributed by atoms with E-state index in [2.05, 4.69) is 0 Å². The van der Waals surface area contributed by atoms with E-state index in [-0.39, 0.29) is 6.54 Å². The third-order valence-corrected chi connectivity index (χ3v) is 3.34. The molecule has 0 amide bonds. The summed E-state index contributed by atoms with van der Waals surface area (Å²) in [7, 11) is 3.69. The normalized spacial score (nSPS) is 23.7. The summed E-state index contributed by atoms with van der Waals surface area (Å²) in [6.07, 6.45) is 0. The van der Waals surface area contributed by atoms with Gasteiger partial charge in [-0.1, -0.05) is 30.3 Å². The van der Waals surface area contributed by atoms with Crippen LogP contribution in [-0.4, -0.2) is 49.5 Å². The van der Waals surface area contributed by atoms with Crippen molar-refractivity contribution in [2.24, 2.45) is 5.92 Å². The summed E-state index contributed by atoms with van der Waals surface area (Å²) in [5.74, 6) is -3.13. The molecule has 4 heteroatoms. The topological polar surface area (TPSA) is 6.48 Å². The molecule has 0 saturated carbocycles. The van der Waals surface area contributed by atoms with Gasteiger partial charge in [-0.2, -0.15) is 0 Å². The molecular formula is C14H20F2N2. The Bertz CT molecular complexity index is 379. The molecule has 1 aliphatic heterocycles. The second-order valence-electron chi connectivity index (χ2n) is 5.38. The first-order chi connectivity index (χ1) is 8.47. The Labute approximate surface area is 107 Å². The number of rotatable bonds is 4. The van der Waals surface area contributed by atoms with Crippen LogP contribution >= 0.6 is 0 Å². The molecule has 1 aliphatic rings. The zero-order chi connectivity index (χ0) is 13.2. The van der Waals surface area contributed by atoms with Gasteiger partial charge in [0.25, 0.3) is 5.92 Å². The standard InChI is InChI=1S/C14H20F2N2/c1-17(2)9-13-10-18(11-14(13,15)16)8-12-6-4-3-5-7-12/h3-7,13H,8-11H2,1-2H3/t13-/m0/s1. The minimum absolute atomic E-state index is 0.125. The molecule has 1 heterocycles. The van der Waals surface area contributed by atoms with Crippen LogP contribution < -0.4 is 0 Å². The zero-order valence-corrected chi connectivity index (χ0v) is 10.9. The summed E-state index contributed by atoms with van der Waals surface area (Å²) < 4.78 is 27.7. The number of likely N-dealkylation sites (tertiary alicyclic amines) is 1. The first-order valence-electron chi connectivity index (χ1n) is 6.26. The Morgan fingerprint density at radius 3 is 2.56 bits per heavy atom. The minimum atomic E-state index is -2.57. The molecule has 18 heavy (non-hydrogen) atoms. The fourth-order valence-electron chi connectivity index (χ4n) is 2.53. The Morgan fingerprint density at radius 1 is 1.28 bits per heavy atom. The molecule has 1 fully saturated rings. The Hall–Kier alpha value is -1.00. The number of alkyl halides is 2. The molecule has 1 atom stereocenters. The summed E-state index contributed by atoms with van der Waals surface area (Å²) in [6.45, 7) is 1.40. The highest BCUT2D eigenvalue weighted by molar-refractivity contribution is 5.15. The van der Waals surface area contributed by atoms with Crippen LogP contribution in [-0.2, 0) is 6.54 Å². The highest BCUT2D eigenvalue weighted by Crippen LogP contribution is 2.34. The lowest BCUT2D eigenvalue weighted by Gasteiger charge is -2.21. The molecule has 0 N–H and O–H groups in total. The summed E-state index contributed by atoms with van der Waals surface area (Å²) in [4.78, 5) is 3.69. The van der Waals surface area contributed by atoms with E-state index in [1.54, 1.807) is 0 Å². The first kappa shape index (κ1) is 13.4. The van der Waals surface area contributed by atoms with Crippen LogP contribution in [0.5, 0.6) is 0 Å². The smallest absolute Gasteiger partial charge is 0.265 e. The van der Waals surface area contributed by atoms with Crippen LogP contribution in [0.25, 0.3) is 0 Å². The summed E-state index contributed by atoms with van der Waals surface area (Å²) >= 11 is 0. The van der Waals surface area contributed by atoms with Crippen LogP contribution in [0.2, 0.25) is 0 Å². The highest BCUT2D eigenvalue weighted by atomic mass is 19.3. The van der Waals surface area contributed by atoms with Gasteiger partial charge in [0.15, 0.2) is 0 Å². The van der Waals surface area contributed by atoms with E-state index in [4.69, 9.17) is 0 Å². The fraction of sp³-hybridized carbons (Fsp3) is 0.571. The molecule has 0 aromatic heterocycles. The van der Waals surface area contributed by atoms with Crippen LogP contribution in [0, 0.1) is 5.92 Å². The van der Waals surface area contributed by atoms with Gasteiger partial charge >= 0.3 is 0 Å². The lowest BCUT2D eigenvalue weighted by molar-refractivity contribution is -0.0336. The molecule has 1 saturated heterocycles. The van der Waals surface area contributed by atoms with Crippen molar-refractivity contribution in [1.29, 1.82) is 0 Å². The Balaban J connectivity index is 1.97. The van der Waals surface area contributed by atoms with Crippen LogP contribution in [0.15, 0.2) is 30.3 Å². The van der Waals surface area contributed by atoms with Crippen molar-refractivity contribution in [2.45, 2.75) is 12.5 Å². The quantitative estimate of drug-likeness (QED) is 0.813. The van der Waals surface area contributed by atoms with E-state index < -0.39 is 11.8 Å². The third-order valence-electron chi connectivity index (χ3n) is 3.34. The van der Waals surface area contributed by atoms with Gasteiger partial charge in [-0.3, -0.25) is 4.90 Å². The lowest BCUT2D eigenvalue weighted by Crippen LogP contribution is -2.34. The molecule has 0 spiro atoms. The Kier molecular flexibility index (Phi) is 3.97. The van der Waals surface area contributed by atoms with E-state index in [0.717, 1.165) is 5.56 Å². The molecule has 1 aromatic carbocycles. The van der Waals surface area contributed by atoms with Gasteiger partial charge in [-0.15, -0.1) is 0 Å². The molecule has 0 unspecified atom stereocenters. The number of benzene rings is 1. The van der Waals surface area contributed by atoms with Crippen molar-refractivity contribution in [2.75, 3.05) is 33.7 Å².